The second kappa shape index (κ2) is 2.92. The van der Waals surface area contributed by atoms with Crippen LogP contribution in [0.5, 0.6) is 0 Å². The van der Waals surface area contributed by atoms with E-state index in [1.54, 1.807) is 0 Å². The van der Waals surface area contributed by atoms with Crippen molar-refractivity contribution >= 4 is 21.9 Å². The normalized spacial score (nSPS) is 17.9. The van der Waals surface area contributed by atoms with Crippen LogP contribution in [0.15, 0.2) is 28.9 Å². The first-order valence-electron chi connectivity index (χ1n) is 5.70. The molecular weight excluding hydrogens is 202 g/mol. The molecule has 1 aliphatic heterocycles. The third kappa shape index (κ3) is 1.02. The number of furan rings is 2. The standard InChI is InChI=1S/C12H13N3O/c1-2-12-10-8-15(7-9(10)11(1)16-12)14-5-3-13-4-6-14/h1-2,7-8,13H,3-6H2. The summed E-state index contributed by atoms with van der Waals surface area (Å²) in [6, 6.07) is 4.08. The van der Waals surface area contributed by atoms with E-state index >= 15 is 0 Å². The number of nitrogens with one attached hydrogen (secondary N) is 1. The molecule has 16 heavy (non-hydrogen) atoms. The Morgan fingerprint density at radius 1 is 1.00 bits per heavy atom. The van der Waals surface area contributed by atoms with E-state index in [2.05, 4.69) is 27.4 Å². The first kappa shape index (κ1) is 8.47. The lowest BCUT2D eigenvalue weighted by molar-refractivity contribution is 0.493. The molecular formula is C12H13N3O. The number of benzene rings is 1. The smallest absolute Gasteiger partial charge is 0.137 e. The fraction of sp³-hybridized carbons (Fsp3) is 0.333. The van der Waals surface area contributed by atoms with Gasteiger partial charge in [0.15, 0.2) is 0 Å². The fourth-order valence-electron chi connectivity index (χ4n) is 2.51. The van der Waals surface area contributed by atoms with Crippen LogP contribution in [0.25, 0.3) is 21.9 Å². The Morgan fingerprint density at radius 2 is 1.62 bits per heavy atom. The average Bonchev–Trinajstić information content (AvgIpc) is 3.02. The highest BCUT2D eigenvalue weighted by Crippen LogP contribution is 2.31. The highest BCUT2D eigenvalue weighted by atomic mass is 16.3. The van der Waals surface area contributed by atoms with Gasteiger partial charge in [-0.25, -0.2) is 0 Å². The number of hydrogen-bond donors (Lipinski definition) is 1. The number of hydrogen-bond acceptors (Lipinski definition) is 3. The van der Waals surface area contributed by atoms with Crippen molar-refractivity contribution in [2.75, 3.05) is 31.2 Å². The number of fused-ring (bicyclic) bond motifs is 5. The Kier molecular flexibility index (Phi) is 1.54. The summed E-state index contributed by atoms with van der Waals surface area (Å²) in [7, 11) is 0. The molecule has 0 amide bonds. The number of nitrogens with zero attached hydrogens (tertiary/aromatic N) is 2. The van der Waals surface area contributed by atoms with Crippen molar-refractivity contribution in [3.05, 3.63) is 24.5 Å². The maximum absolute atomic E-state index is 5.60. The lowest BCUT2D eigenvalue weighted by Gasteiger charge is -2.30. The van der Waals surface area contributed by atoms with Crippen LogP contribution in [-0.4, -0.2) is 30.9 Å². The summed E-state index contributed by atoms with van der Waals surface area (Å²) < 4.78 is 7.81. The van der Waals surface area contributed by atoms with Gasteiger partial charge in [-0.15, -0.1) is 0 Å². The molecule has 4 rings (SSSR count). The van der Waals surface area contributed by atoms with Crippen molar-refractivity contribution in [3.8, 4) is 0 Å². The molecule has 82 valence electrons. The third-order valence-electron chi connectivity index (χ3n) is 3.37. The highest BCUT2D eigenvalue weighted by Gasteiger charge is 2.15. The maximum atomic E-state index is 5.60. The minimum absolute atomic E-state index is 0.999. The molecule has 1 N–H and O–H groups in total. The molecule has 0 saturated carbocycles. The molecule has 1 aliphatic rings. The van der Waals surface area contributed by atoms with Gasteiger partial charge >= 0.3 is 0 Å². The van der Waals surface area contributed by atoms with Crippen LogP contribution in [0.1, 0.15) is 0 Å². The molecule has 1 fully saturated rings. The second-order valence-corrected chi connectivity index (χ2v) is 4.33. The molecule has 0 radical (unpaired) electrons. The SMILES string of the molecule is c1cc2oc1c1cn(N3CCNCC3)cc21. The predicted molar refractivity (Wildman–Crippen MR) is 63.7 cm³/mol. The highest BCUT2D eigenvalue weighted by molar-refractivity contribution is 6.06. The molecule has 0 spiro atoms. The van der Waals surface area contributed by atoms with E-state index in [0.717, 1.165) is 37.3 Å². The van der Waals surface area contributed by atoms with Crippen molar-refractivity contribution in [1.29, 1.82) is 0 Å². The largest absolute Gasteiger partial charge is 0.456 e. The van der Waals surface area contributed by atoms with Crippen LogP contribution in [0.4, 0.5) is 0 Å². The topological polar surface area (TPSA) is 33.3 Å². The van der Waals surface area contributed by atoms with Gasteiger partial charge in [0.25, 0.3) is 0 Å². The van der Waals surface area contributed by atoms with Crippen molar-refractivity contribution < 1.29 is 4.42 Å². The van der Waals surface area contributed by atoms with E-state index in [1.807, 2.05) is 12.1 Å². The summed E-state index contributed by atoms with van der Waals surface area (Å²) in [6.45, 7) is 4.24. The fourth-order valence-corrected chi connectivity index (χ4v) is 2.51. The van der Waals surface area contributed by atoms with Gasteiger partial charge in [0.05, 0.1) is 0 Å². The van der Waals surface area contributed by atoms with Crippen LogP contribution in [0, 0.1) is 0 Å². The number of aromatic nitrogens is 1. The zero-order chi connectivity index (χ0) is 10.5. The molecule has 0 unspecified atom stereocenters. The summed E-state index contributed by atoms with van der Waals surface area (Å²) in [5.41, 5.74) is 2.00. The molecule has 3 aromatic heterocycles. The van der Waals surface area contributed by atoms with E-state index in [1.165, 1.54) is 10.8 Å². The quantitative estimate of drug-likeness (QED) is 0.665. The van der Waals surface area contributed by atoms with Crippen LogP contribution < -0.4 is 10.3 Å². The zero-order valence-corrected chi connectivity index (χ0v) is 8.94. The molecule has 4 heteroatoms. The Balaban J connectivity index is 1.83. The maximum Gasteiger partial charge on any atom is 0.137 e. The van der Waals surface area contributed by atoms with Gasteiger partial charge < -0.3 is 14.7 Å². The lowest BCUT2D eigenvalue weighted by atomic mass is 10.2. The minimum Gasteiger partial charge on any atom is -0.456 e. The second-order valence-electron chi connectivity index (χ2n) is 4.33. The summed E-state index contributed by atoms with van der Waals surface area (Å²) in [6.07, 6.45) is 4.35. The number of rotatable bonds is 1. The Bertz CT molecular complexity index is 575. The van der Waals surface area contributed by atoms with Gasteiger partial charge in [0.2, 0.25) is 0 Å². The molecule has 0 aliphatic carbocycles. The monoisotopic (exact) mass is 215 g/mol. The summed E-state index contributed by atoms with van der Waals surface area (Å²) in [4.78, 5) is 0. The van der Waals surface area contributed by atoms with Gasteiger partial charge in [-0.1, -0.05) is 0 Å². The van der Waals surface area contributed by atoms with Gasteiger partial charge in [-0.3, -0.25) is 4.68 Å². The van der Waals surface area contributed by atoms with Crippen molar-refractivity contribution in [2.24, 2.45) is 0 Å². The average molecular weight is 215 g/mol. The van der Waals surface area contributed by atoms with Crippen molar-refractivity contribution in [3.63, 3.8) is 0 Å². The predicted octanol–water partition coefficient (Wildman–Crippen LogP) is 1.37. The van der Waals surface area contributed by atoms with Crippen molar-refractivity contribution in [2.45, 2.75) is 0 Å². The lowest BCUT2D eigenvalue weighted by Crippen LogP contribution is -2.48. The van der Waals surface area contributed by atoms with E-state index in [0.29, 0.717) is 0 Å². The molecule has 4 nitrogen and oxygen atoms in total. The molecule has 3 aromatic rings. The summed E-state index contributed by atoms with van der Waals surface area (Å²) >= 11 is 0. The first-order chi connectivity index (χ1) is 7.92. The molecule has 0 aromatic carbocycles. The Labute approximate surface area is 92.7 Å². The molecule has 4 heterocycles. The van der Waals surface area contributed by atoms with Crippen LogP contribution in [0.2, 0.25) is 0 Å². The molecule has 2 bridgehead atoms. The van der Waals surface area contributed by atoms with E-state index < -0.39 is 0 Å². The van der Waals surface area contributed by atoms with Crippen LogP contribution in [0.3, 0.4) is 0 Å². The first-order valence-corrected chi connectivity index (χ1v) is 5.70. The van der Waals surface area contributed by atoms with Gasteiger partial charge in [-0.2, -0.15) is 0 Å². The van der Waals surface area contributed by atoms with E-state index in [4.69, 9.17) is 4.42 Å². The van der Waals surface area contributed by atoms with Gasteiger partial charge in [0.1, 0.15) is 11.2 Å². The van der Waals surface area contributed by atoms with Gasteiger partial charge in [-0.05, 0) is 12.1 Å². The molecule has 1 saturated heterocycles. The minimum atomic E-state index is 0.999. The van der Waals surface area contributed by atoms with E-state index in [-0.39, 0.29) is 0 Å². The number of piperazine rings is 1. The third-order valence-corrected chi connectivity index (χ3v) is 3.37. The van der Waals surface area contributed by atoms with Crippen LogP contribution >= 0.6 is 0 Å². The van der Waals surface area contributed by atoms with Gasteiger partial charge in [0, 0.05) is 49.3 Å². The Hall–Kier alpha value is -1.68. The summed E-state index contributed by atoms with van der Waals surface area (Å²) in [5, 5.41) is 8.18. The van der Waals surface area contributed by atoms with Crippen LogP contribution in [-0.2, 0) is 0 Å². The van der Waals surface area contributed by atoms with E-state index in [9.17, 15) is 0 Å². The molecule has 0 atom stereocenters. The zero-order valence-electron chi connectivity index (χ0n) is 8.94. The van der Waals surface area contributed by atoms with Crippen molar-refractivity contribution in [1.82, 2.24) is 9.99 Å². The Morgan fingerprint density at radius 3 is 2.25 bits per heavy atom. The summed E-state index contributed by atoms with van der Waals surface area (Å²) in [5.74, 6) is 0.